The number of sulfonamides is 1. The van der Waals surface area contributed by atoms with E-state index in [2.05, 4.69) is 5.32 Å². The molecule has 0 saturated heterocycles. The summed E-state index contributed by atoms with van der Waals surface area (Å²) in [5, 5.41) is 3.70. The lowest BCUT2D eigenvalue weighted by Crippen LogP contribution is -2.51. The number of carbonyl (C=O) groups excluding carboxylic acids is 2. The normalized spacial score (nSPS) is 12.2. The molecule has 0 aliphatic carbocycles. The number of halogens is 2. The number of benzene rings is 3. The molecule has 0 heterocycles. The smallest absolute Gasteiger partial charge is 0.243 e. The van der Waals surface area contributed by atoms with Crippen LogP contribution in [0.5, 0.6) is 0 Å². The highest BCUT2D eigenvalue weighted by atomic mass is 35.5. The maximum atomic E-state index is 13.8. The number of para-hydroxylation sites is 1. The zero-order valence-corrected chi connectivity index (χ0v) is 25.2. The van der Waals surface area contributed by atoms with Gasteiger partial charge in [-0.1, -0.05) is 77.8 Å². The number of nitrogens with one attached hydrogen (secondary N) is 1. The summed E-state index contributed by atoms with van der Waals surface area (Å²) in [6.45, 7) is 3.99. The van der Waals surface area contributed by atoms with Crippen molar-refractivity contribution in [2.24, 2.45) is 0 Å². The summed E-state index contributed by atoms with van der Waals surface area (Å²) >= 11 is 12.4. The highest BCUT2D eigenvalue weighted by Gasteiger charge is 2.31. The molecule has 0 aliphatic heterocycles. The van der Waals surface area contributed by atoms with Gasteiger partial charge in [0.2, 0.25) is 21.8 Å². The Bertz CT molecular complexity index is 1390. The molecule has 0 fully saturated rings. The van der Waals surface area contributed by atoms with E-state index in [-0.39, 0.29) is 43.8 Å². The molecule has 3 aromatic rings. The van der Waals surface area contributed by atoms with Crippen molar-refractivity contribution in [1.29, 1.82) is 0 Å². The molecular weight excluding hydrogens is 569 g/mol. The van der Waals surface area contributed by atoms with E-state index in [4.69, 9.17) is 23.2 Å². The molecule has 1 N–H and O–H groups in total. The number of nitrogens with zero attached hydrogens (tertiary/aromatic N) is 2. The molecule has 3 rings (SSSR count). The third kappa shape index (κ3) is 9.25. The average Bonchev–Trinajstić information content (AvgIpc) is 2.90. The number of amides is 2. The second-order valence-electron chi connectivity index (χ2n) is 9.91. The van der Waals surface area contributed by atoms with Crippen LogP contribution < -0.4 is 9.62 Å². The Balaban J connectivity index is 1.89. The van der Waals surface area contributed by atoms with E-state index in [1.54, 1.807) is 47.4 Å². The lowest BCUT2D eigenvalue weighted by Gasteiger charge is -2.32. The van der Waals surface area contributed by atoms with Crippen molar-refractivity contribution in [2.75, 3.05) is 17.1 Å². The molecular formula is C30H35Cl2N3O4S. The Labute approximate surface area is 247 Å². The quantitative estimate of drug-likeness (QED) is 0.271. The SMILES string of the molecule is CC(C)NC(=O)[C@@H](Cc1ccccc1)N(Cc1ccc(Cl)c(Cl)c1)C(=O)CCCN(c1ccccc1)S(C)(=O)=O. The van der Waals surface area contributed by atoms with E-state index >= 15 is 0 Å². The van der Waals surface area contributed by atoms with Crippen LogP contribution in [-0.4, -0.2) is 50.0 Å². The lowest BCUT2D eigenvalue weighted by molar-refractivity contribution is -0.141. The third-order valence-corrected chi connectivity index (χ3v) is 8.17. The molecule has 0 unspecified atom stereocenters. The fourth-order valence-corrected chi connectivity index (χ4v) is 5.65. The molecule has 10 heteroatoms. The van der Waals surface area contributed by atoms with Gasteiger partial charge in [-0.3, -0.25) is 13.9 Å². The van der Waals surface area contributed by atoms with Crippen LogP contribution in [0.4, 0.5) is 5.69 Å². The van der Waals surface area contributed by atoms with Crippen molar-refractivity contribution in [3.05, 3.63) is 100 Å². The highest BCUT2D eigenvalue weighted by Crippen LogP contribution is 2.25. The van der Waals surface area contributed by atoms with Gasteiger partial charge in [0.1, 0.15) is 6.04 Å². The first-order valence-corrected chi connectivity index (χ1v) is 15.7. The average molecular weight is 605 g/mol. The van der Waals surface area contributed by atoms with Crippen molar-refractivity contribution >= 4 is 50.7 Å². The summed E-state index contributed by atoms with van der Waals surface area (Å²) in [6.07, 6.45) is 1.76. The van der Waals surface area contributed by atoms with Gasteiger partial charge in [0.15, 0.2) is 0 Å². The van der Waals surface area contributed by atoms with Crippen LogP contribution in [0.2, 0.25) is 10.0 Å². The number of hydrogen-bond donors (Lipinski definition) is 1. The van der Waals surface area contributed by atoms with Crippen LogP contribution in [0.25, 0.3) is 0 Å². The maximum Gasteiger partial charge on any atom is 0.243 e. The zero-order valence-electron chi connectivity index (χ0n) is 22.9. The Hall–Kier alpha value is -3.07. The number of hydrogen-bond acceptors (Lipinski definition) is 4. The largest absolute Gasteiger partial charge is 0.352 e. The molecule has 0 saturated carbocycles. The van der Waals surface area contributed by atoms with Gasteiger partial charge in [0, 0.05) is 32.0 Å². The van der Waals surface area contributed by atoms with Gasteiger partial charge in [0.25, 0.3) is 0 Å². The molecule has 0 spiro atoms. The van der Waals surface area contributed by atoms with E-state index in [9.17, 15) is 18.0 Å². The van der Waals surface area contributed by atoms with E-state index in [0.717, 1.165) is 17.4 Å². The van der Waals surface area contributed by atoms with Crippen molar-refractivity contribution in [3.8, 4) is 0 Å². The fraction of sp³-hybridized carbons (Fsp3) is 0.333. The molecule has 3 aromatic carbocycles. The van der Waals surface area contributed by atoms with Crippen LogP contribution >= 0.6 is 23.2 Å². The molecule has 0 radical (unpaired) electrons. The first kappa shape index (κ1) is 31.5. The van der Waals surface area contributed by atoms with E-state index in [1.807, 2.05) is 50.2 Å². The van der Waals surface area contributed by atoms with Gasteiger partial charge < -0.3 is 10.2 Å². The number of rotatable bonds is 13. The Kier molecular flexibility index (Phi) is 11.4. The van der Waals surface area contributed by atoms with Gasteiger partial charge in [0.05, 0.1) is 22.0 Å². The Morgan fingerprint density at radius 3 is 2.08 bits per heavy atom. The minimum Gasteiger partial charge on any atom is -0.352 e. The van der Waals surface area contributed by atoms with Crippen LogP contribution in [-0.2, 0) is 32.6 Å². The highest BCUT2D eigenvalue weighted by molar-refractivity contribution is 7.92. The molecule has 214 valence electrons. The summed E-state index contributed by atoms with van der Waals surface area (Å²) in [6, 6.07) is 22.5. The molecule has 2 amide bonds. The Morgan fingerprint density at radius 2 is 1.50 bits per heavy atom. The second kappa shape index (κ2) is 14.5. The molecule has 0 bridgehead atoms. The molecule has 0 aromatic heterocycles. The van der Waals surface area contributed by atoms with Gasteiger partial charge in [-0.25, -0.2) is 8.42 Å². The first-order valence-electron chi connectivity index (χ1n) is 13.1. The predicted molar refractivity (Wildman–Crippen MR) is 162 cm³/mol. The monoisotopic (exact) mass is 603 g/mol. The topological polar surface area (TPSA) is 86.8 Å². The minimum absolute atomic E-state index is 0.0421. The van der Waals surface area contributed by atoms with E-state index in [0.29, 0.717) is 22.2 Å². The summed E-state index contributed by atoms with van der Waals surface area (Å²) in [5.41, 5.74) is 2.16. The molecule has 1 atom stereocenters. The van der Waals surface area contributed by atoms with Crippen molar-refractivity contribution in [1.82, 2.24) is 10.2 Å². The summed E-state index contributed by atoms with van der Waals surface area (Å²) in [5.74, 6) is -0.540. The van der Waals surface area contributed by atoms with Crippen molar-refractivity contribution in [2.45, 2.75) is 51.7 Å². The van der Waals surface area contributed by atoms with Crippen molar-refractivity contribution < 1.29 is 18.0 Å². The maximum absolute atomic E-state index is 13.8. The zero-order chi connectivity index (χ0) is 29.3. The lowest BCUT2D eigenvalue weighted by atomic mass is 10.0. The van der Waals surface area contributed by atoms with Crippen LogP contribution in [0.15, 0.2) is 78.9 Å². The van der Waals surface area contributed by atoms with E-state index in [1.165, 1.54) is 4.31 Å². The number of anilines is 1. The number of carbonyl (C=O) groups is 2. The molecule has 0 aliphatic rings. The first-order chi connectivity index (χ1) is 19.0. The fourth-order valence-electron chi connectivity index (χ4n) is 4.37. The van der Waals surface area contributed by atoms with Gasteiger partial charge in [-0.2, -0.15) is 0 Å². The standard InChI is InChI=1S/C30H35Cl2N3O4S/c1-22(2)33-30(37)28(20-23-11-6-4-7-12-23)34(21-24-16-17-26(31)27(32)19-24)29(36)15-10-18-35(40(3,38)39)25-13-8-5-9-14-25/h4-9,11-14,16-17,19,22,28H,10,15,18,20-21H2,1-3H3,(H,33,37)/t28-/m1/s1. The van der Waals surface area contributed by atoms with Crippen LogP contribution in [0, 0.1) is 0 Å². The van der Waals surface area contributed by atoms with Gasteiger partial charge >= 0.3 is 0 Å². The minimum atomic E-state index is -3.56. The van der Waals surface area contributed by atoms with Crippen LogP contribution in [0.1, 0.15) is 37.8 Å². The van der Waals surface area contributed by atoms with Crippen molar-refractivity contribution in [3.63, 3.8) is 0 Å². The Morgan fingerprint density at radius 1 is 0.875 bits per heavy atom. The van der Waals surface area contributed by atoms with E-state index < -0.39 is 16.1 Å². The third-order valence-electron chi connectivity index (χ3n) is 6.24. The summed E-state index contributed by atoms with van der Waals surface area (Å²) < 4.78 is 26.3. The van der Waals surface area contributed by atoms with Gasteiger partial charge in [-0.15, -0.1) is 0 Å². The molecule has 40 heavy (non-hydrogen) atoms. The second-order valence-corrected chi connectivity index (χ2v) is 12.6. The summed E-state index contributed by atoms with van der Waals surface area (Å²) in [4.78, 5) is 28.8. The summed E-state index contributed by atoms with van der Waals surface area (Å²) in [7, 11) is -3.56. The molecule has 7 nitrogen and oxygen atoms in total. The van der Waals surface area contributed by atoms with Gasteiger partial charge in [-0.05, 0) is 55.7 Å². The predicted octanol–water partition coefficient (Wildman–Crippen LogP) is 5.70. The van der Waals surface area contributed by atoms with Crippen LogP contribution in [0.3, 0.4) is 0 Å².